The van der Waals surface area contributed by atoms with Crippen LogP contribution in [0.2, 0.25) is 5.15 Å². The molecule has 2 atom stereocenters. The molecule has 2 unspecified atom stereocenters. The molecule has 0 amide bonds. The molecule has 1 aliphatic heterocycles. The van der Waals surface area contributed by atoms with Gasteiger partial charge >= 0.3 is 0 Å². The SMILES string of the molecule is Cc1cc(C2=CC3NCCCC3C2)cnc1Cl. The molecule has 2 heterocycles. The van der Waals surface area contributed by atoms with Crippen LogP contribution in [0.3, 0.4) is 0 Å². The number of halogens is 1. The number of rotatable bonds is 1. The number of hydrogen-bond donors (Lipinski definition) is 1. The van der Waals surface area contributed by atoms with Crippen LogP contribution in [-0.4, -0.2) is 17.6 Å². The van der Waals surface area contributed by atoms with Crippen LogP contribution < -0.4 is 5.32 Å². The Morgan fingerprint density at radius 3 is 3.12 bits per heavy atom. The van der Waals surface area contributed by atoms with Crippen molar-refractivity contribution in [3.63, 3.8) is 0 Å². The van der Waals surface area contributed by atoms with Gasteiger partial charge in [0, 0.05) is 12.2 Å². The molecule has 17 heavy (non-hydrogen) atoms. The molecular weight excluding hydrogens is 232 g/mol. The van der Waals surface area contributed by atoms with E-state index in [1.165, 1.54) is 30.4 Å². The normalized spacial score (nSPS) is 27.8. The number of nitrogens with zero attached hydrogens (tertiary/aromatic N) is 1. The average molecular weight is 249 g/mol. The average Bonchev–Trinajstić information content (AvgIpc) is 2.76. The molecule has 1 aromatic rings. The zero-order chi connectivity index (χ0) is 11.8. The van der Waals surface area contributed by atoms with Gasteiger partial charge in [-0.25, -0.2) is 4.98 Å². The van der Waals surface area contributed by atoms with Crippen LogP contribution >= 0.6 is 11.6 Å². The van der Waals surface area contributed by atoms with Gasteiger partial charge in [0.2, 0.25) is 0 Å². The summed E-state index contributed by atoms with van der Waals surface area (Å²) >= 11 is 5.97. The van der Waals surface area contributed by atoms with E-state index in [-0.39, 0.29) is 0 Å². The van der Waals surface area contributed by atoms with Gasteiger partial charge in [-0.3, -0.25) is 0 Å². The highest BCUT2D eigenvalue weighted by molar-refractivity contribution is 6.30. The fourth-order valence-corrected chi connectivity index (χ4v) is 3.02. The maximum absolute atomic E-state index is 5.97. The topological polar surface area (TPSA) is 24.9 Å². The van der Waals surface area contributed by atoms with Crippen LogP contribution in [0, 0.1) is 12.8 Å². The van der Waals surface area contributed by atoms with Gasteiger partial charge in [-0.2, -0.15) is 0 Å². The Balaban J connectivity index is 1.87. The molecule has 1 N–H and O–H groups in total. The van der Waals surface area contributed by atoms with Gasteiger partial charge in [0.1, 0.15) is 5.15 Å². The third kappa shape index (κ3) is 2.12. The Morgan fingerprint density at radius 1 is 1.47 bits per heavy atom. The van der Waals surface area contributed by atoms with Crippen LogP contribution in [0.4, 0.5) is 0 Å². The van der Waals surface area contributed by atoms with E-state index in [0.29, 0.717) is 11.2 Å². The summed E-state index contributed by atoms with van der Waals surface area (Å²) in [7, 11) is 0. The van der Waals surface area contributed by atoms with Gasteiger partial charge in [0.25, 0.3) is 0 Å². The van der Waals surface area contributed by atoms with Gasteiger partial charge in [0.15, 0.2) is 0 Å². The minimum atomic E-state index is 0.578. The highest BCUT2D eigenvalue weighted by Crippen LogP contribution is 2.36. The summed E-state index contributed by atoms with van der Waals surface area (Å²) in [4.78, 5) is 4.24. The molecule has 2 nitrogen and oxygen atoms in total. The summed E-state index contributed by atoms with van der Waals surface area (Å²) in [6.45, 7) is 3.17. The van der Waals surface area contributed by atoms with Crippen molar-refractivity contribution in [3.8, 4) is 0 Å². The van der Waals surface area contributed by atoms with Crippen molar-refractivity contribution in [3.05, 3.63) is 34.6 Å². The van der Waals surface area contributed by atoms with Crippen LogP contribution in [-0.2, 0) is 0 Å². The summed E-state index contributed by atoms with van der Waals surface area (Å²) in [5, 5.41) is 4.20. The van der Waals surface area contributed by atoms with Crippen molar-refractivity contribution in [2.45, 2.75) is 32.2 Å². The van der Waals surface area contributed by atoms with E-state index < -0.39 is 0 Å². The lowest BCUT2D eigenvalue weighted by Gasteiger charge is -2.25. The van der Waals surface area contributed by atoms with E-state index in [9.17, 15) is 0 Å². The molecule has 3 heteroatoms. The summed E-state index contributed by atoms with van der Waals surface area (Å²) in [6.07, 6.45) is 8.12. The first-order chi connectivity index (χ1) is 8.24. The Bertz CT molecular complexity index is 467. The maximum Gasteiger partial charge on any atom is 0.131 e. The number of nitrogens with one attached hydrogen (secondary N) is 1. The van der Waals surface area contributed by atoms with Crippen LogP contribution in [0.25, 0.3) is 5.57 Å². The van der Waals surface area contributed by atoms with E-state index in [1.807, 2.05) is 13.1 Å². The summed E-state index contributed by atoms with van der Waals surface area (Å²) in [6, 6.07) is 2.73. The Labute approximate surface area is 107 Å². The first kappa shape index (κ1) is 11.2. The third-order valence-corrected chi connectivity index (χ3v) is 4.28. The third-order valence-electron chi connectivity index (χ3n) is 3.89. The number of fused-ring (bicyclic) bond motifs is 1. The van der Waals surface area contributed by atoms with E-state index in [1.54, 1.807) is 0 Å². The predicted molar refractivity (Wildman–Crippen MR) is 71.1 cm³/mol. The van der Waals surface area contributed by atoms with Gasteiger partial charge in [-0.15, -0.1) is 0 Å². The highest BCUT2D eigenvalue weighted by Gasteiger charge is 2.29. The van der Waals surface area contributed by atoms with Crippen LogP contribution in [0.1, 0.15) is 30.4 Å². The number of aryl methyl sites for hydroxylation is 1. The lowest BCUT2D eigenvalue weighted by molar-refractivity contribution is 0.341. The fraction of sp³-hybridized carbons (Fsp3) is 0.500. The van der Waals surface area contributed by atoms with Gasteiger partial charge in [-0.05, 0) is 61.4 Å². The van der Waals surface area contributed by atoms with Gasteiger partial charge < -0.3 is 5.32 Å². The van der Waals surface area contributed by atoms with Crippen molar-refractivity contribution in [1.82, 2.24) is 10.3 Å². The molecule has 1 aromatic heterocycles. The minimum Gasteiger partial charge on any atom is -0.310 e. The van der Waals surface area contributed by atoms with Gasteiger partial charge in [0.05, 0.1) is 0 Å². The van der Waals surface area contributed by atoms with E-state index in [2.05, 4.69) is 22.4 Å². The molecule has 0 aromatic carbocycles. The zero-order valence-corrected chi connectivity index (χ0v) is 10.8. The number of allylic oxidation sites excluding steroid dienone is 1. The second-order valence-electron chi connectivity index (χ2n) is 5.11. The van der Waals surface area contributed by atoms with Crippen molar-refractivity contribution in [2.75, 3.05) is 6.54 Å². The largest absolute Gasteiger partial charge is 0.310 e. The van der Waals surface area contributed by atoms with Gasteiger partial charge in [-0.1, -0.05) is 17.7 Å². The second-order valence-corrected chi connectivity index (χ2v) is 5.47. The van der Waals surface area contributed by atoms with Crippen molar-refractivity contribution < 1.29 is 0 Å². The molecule has 0 bridgehead atoms. The summed E-state index contributed by atoms with van der Waals surface area (Å²) < 4.78 is 0. The monoisotopic (exact) mass is 248 g/mol. The molecule has 1 aliphatic carbocycles. The number of aromatic nitrogens is 1. The first-order valence-corrected chi connectivity index (χ1v) is 6.68. The molecule has 0 spiro atoms. The smallest absolute Gasteiger partial charge is 0.131 e. The molecule has 0 radical (unpaired) electrons. The minimum absolute atomic E-state index is 0.578. The fourth-order valence-electron chi connectivity index (χ4n) is 2.92. The number of pyridine rings is 1. The second kappa shape index (κ2) is 4.43. The van der Waals surface area contributed by atoms with Crippen LogP contribution in [0.15, 0.2) is 18.3 Å². The molecule has 2 aliphatic rings. The predicted octanol–water partition coefficient (Wildman–Crippen LogP) is 3.20. The van der Waals surface area contributed by atoms with Crippen molar-refractivity contribution >= 4 is 17.2 Å². The quantitative estimate of drug-likeness (QED) is 0.772. The molecule has 1 saturated heterocycles. The lowest BCUT2D eigenvalue weighted by Crippen LogP contribution is -2.37. The zero-order valence-electron chi connectivity index (χ0n) is 10.0. The summed E-state index contributed by atoms with van der Waals surface area (Å²) in [5.41, 5.74) is 3.73. The van der Waals surface area contributed by atoms with Crippen molar-refractivity contribution in [1.29, 1.82) is 0 Å². The Hall–Kier alpha value is -0.860. The Morgan fingerprint density at radius 2 is 2.35 bits per heavy atom. The standard InChI is InChI=1S/C14H17ClN2/c1-9-5-12(8-17-14(9)15)11-6-10-3-2-4-16-13(10)7-11/h5,7-8,10,13,16H,2-4,6H2,1H3. The number of piperidine rings is 1. The first-order valence-electron chi connectivity index (χ1n) is 6.30. The summed E-state index contributed by atoms with van der Waals surface area (Å²) in [5.74, 6) is 0.787. The number of hydrogen-bond acceptors (Lipinski definition) is 2. The van der Waals surface area contributed by atoms with Crippen molar-refractivity contribution in [2.24, 2.45) is 5.92 Å². The molecule has 0 saturated carbocycles. The highest BCUT2D eigenvalue weighted by atomic mass is 35.5. The van der Waals surface area contributed by atoms with E-state index in [4.69, 9.17) is 11.6 Å². The Kier molecular flexibility index (Phi) is 2.93. The maximum atomic E-state index is 5.97. The molecule has 90 valence electrons. The van der Waals surface area contributed by atoms with Crippen LogP contribution in [0.5, 0.6) is 0 Å². The molecular formula is C14H17ClN2. The molecule has 3 rings (SSSR count). The molecule has 1 fully saturated rings. The lowest BCUT2D eigenvalue weighted by atomic mass is 9.92. The van der Waals surface area contributed by atoms with E-state index >= 15 is 0 Å². The van der Waals surface area contributed by atoms with E-state index in [0.717, 1.165) is 18.0 Å².